The minimum Gasteiger partial charge on any atom is -0.478 e. The van der Waals surface area contributed by atoms with Crippen molar-refractivity contribution in [2.75, 3.05) is 18.0 Å². The lowest BCUT2D eigenvalue weighted by atomic mass is 10.0. The number of halogens is 2. The summed E-state index contributed by atoms with van der Waals surface area (Å²) in [5.41, 5.74) is -1.07. The molecule has 2 unspecified atom stereocenters. The lowest BCUT2D eigenvalue weighted by Gasteiger charge is -2.38. The maximum absolute atomic E-state index is 14.4. The molecule has 0 spiro atoms. The van der Waals surface area contributed by atoms with E-state index in [-0.39, 0.29) is 28.4 Å². The van der Waals surface area contributed by atoms with E-state index in [1.807, 2.05) is 0 Å². The second kappa shape index (κ2) is 6.39. The van der Waals surface area contributed by atoms with Gasteiger partial charge in [0.2, 0.25) is 0 Å². The lowest BCUT2D eigenvalue weighted by Crippen LogP contribution is -2.46. The Morgan fingerprint density at radius 2 is 1.86 bits per heavy atom. The Bertz CT molecular complexity index is 601. The number of rotatable bonds is 3. The Kier molecular flexibility index (Phi) is 4.93. The summed E-state index contributed by atoms with van der Waals surface area (Å²) in [4.78, 5) is 12.4. The highest BCUT2D eigenvalue weighted by Crippen LogP contribution is 2.36. The van der Waals surface area contributed by atoms with Gasteiger partial charge in [-0.3, -0.25) is 0 Å². The monoisotopic (exact) mass is 333 g/mol. The Hall–Kier alpha value is -1.38. The summed E-state index contributed by atoms with van der Waals surface area (Å²) in [6, 6.07) is 0. The van der Waals surface area contributed by atoms with Crippen LogP contribution >= 0.6 is 12.6 Å². The highest BCUT2D eigenvalue weighted by atomic mass is 32.1. The third-order valence-electron chi connectivity index (χ3n) is 3.54. The molecule has 5 nitrogen and oxygen atoms in total. The first-order chi connectivity index (χ1) is 10.3. The molecule has 122 valence electrons. The molecule has 1 saturated heterocycles. The third-order valence-corrected chi connectivity index (χ3v) is 4.03. The molecule has 0 bridgehead atoms. The second-order valence-corrected chi connectivity index (χ2v) is 5.75. The summed E-state index contributed by atoms with van der Waals surface area (Å²) in [6.45, 7) is 3.54. The number of carboxylic acid groups (broad SMARTS) is 1. The molecule has 1 heterocycles. The van der Waals surface area contributed by atoms with Gasteiger partial charge in [-0.05, 0) is 13.8 Å². The average molecular weight is 333 g/mol. The van der Waals surface area contributed by atoms with Gasteiger partial charge in [-0.2, -0.15) is 0 Å². The van der Waals surface area contributed by atoms with E-state index in [2.05, 4.69) is 12.6 Å². The third kappa shape index (κ3) is 2.90. The zero-order chi connectivity index (χ0) is 16.6. The highest BCUT2D eigenvalue weighted by molar-refractivity contribution is 7.80. The van der Waals surface area contributed by atoms with Crippen molar-refractivity contribution in [3.05, 3.63) is 22.8 Å². The van der Waals surface area contributed by atoms with E-state index in [1.54, 1.807) is 18.7 Å². The molecule has 1 aliphatic rings. The summed E-state index contributed by atoms with van der Waals surface area (Å²) >= 11 is 3.98. The van der Waals surface area contributed by atoms with Crippen LogP contribution in [0.5, 0.6) is 0 Å². The van der Waals surface area contributed by atoms with Crippen molar-refractivity contribution in [1.82, 2.24) is 0 Å². The minimum atomic E-state index is -1.63. The molecule has 1 fully saturated rings. The number of aliphatic hydroxyl groups is 1. The number of thiol groups is 1. The first kappa shape index (κ1) is 17.0. The van der Waals surface area contributed by atoms with E-state index in [4.69, 9.17) is 9.84 Å². The van der Waals surface area contributed by atoms with Gasteiger partial charge in [-0.1, -0.05) is 0 Å². The molecule has 2 rings (SSSR count). The standard InChI is InChI=1S/C14H17F2NO4S/c1-6-3-17(4-7(2)21-6)12-8(5-18)13(22)9(14(19)20)10(15)11(12)16/h6-7,18,22H,3-5H2,1-2H3,(H,19,20). The molecule has 0 amide bonds. The first-order valence-electron chi connectivity index (χ1n) is 6.75. The van der Waals surface area contributed by atoms with Gasteiger partial charge in [-0.15, -0.1) is 12.6 Å². The van der Waals surface area contributed by atoms with Gasteiger partial charge >= 0.3 is 5.97 Å². The normalized spacial score (nSPS) is 22.0. The molecule has 0 radical (unpaired) electrons. The number of anilines is 1. The van der Waals surface area contributed by atoms with E-state index in [1.165, 1.54) is 0 Å². The molecule has 1 aromatic carbocycles. The number of hydrogen-bond donors (Lipinski definition) is 3. The molecule has 0 aromatic heterocycles. The van der Waals surface area contributed by atoms with Crippen LogP contribution in [0.25, 0.3) is 0 Å². The first-order valence-corrected chi connectivity index (χ1v) is 7.19. The maximum atomic E-state index is 14.4. The molecular formula is C14H17F2NO4S. The van der Waals surface area contributed by atoms with Crippen LogP contribution in [0.1, 0.15) is 29.8 Å². The molecule has 0 aliphatic carbocycles. The van der Waals surface area contributed by atoms with E-state index in [0.717, 1.165) is 0 Å². The predicted octanol–water partition coefficient (Wildman–Crippen LogP) is 2.06. The molecule has 2 N–H and O–H groups in total. The molecular weight excluding hydrogens is 316 g/mol. The topological polar surface area (TPSA) is 70.0 Å². The fourth-order valence-electron chi connectivity index (χ4n) is 2.75. The number of benzene rings is 1. The second-order valence-electron chi connectivity index (χ2n) is 5.30. The fourth-order valence-corrected chi connectivity index (χ4v) is 3.12. The van der Waals surface area contributed by atoms with Crippen LogP contribution in [0, 0.1) is 11.6 Å². The van der Waals surface area contributed by atoms with Crippen LogP contribution < -0.4 is 4.90 Å². The van der Waals surface area contributed by atoms with Gasteiger partial charge in [0.05, 0.1) is 24.5 Å². The fraction of sp³-hybridized carbons (Fsp3) is 0.500. The summed E-state index contributed by atoms with van der Waals surface area (Å²) < 4.78 is 34.1. The number of hydrogen-bond acceptors (Lipinski definition) is 5. The summed E-state index contributed by atoms with van der Waals surface area (Å²) in [5.74, 6) is -4.40. The maximum Gasteiger partial charge on any atom is 0.339 e. The van der Waals surface area contributed by atoms with Gasteiger partial charge in [0.1, 0.15) is 5.56 Å². The van der Waals surface area contributed by atoms with Gasteiger partial charge in [0.15, 0.2) is 11.6 Å². The van der Waals surface area contributed by atoms with Crippen molar-refractivity contribution < 1.29 is 28.5 Å². The van der Waals surface area contributed by atoms with Crippen molar-refractivity contribution in [3.8, 4) is 0 Å². The number of nitrogens with zero attached hydrogens (tertiary/aromatic N) is 1. The molecule has 22 heavy (non-hydrogen) atoms. The Morgan fingerprint density at radius 1 is 1.32 bits per heavy atom. The molecule has 1 aliphatic heterocycles. The van der Waals surface area contributed by atoms with Crippen molar-refractivity contribution in [2.45, 2.75) is 37.6 Å². The predicted molar refractivity (Wildman–Crippen MR) is 78.7 cm³/mol. The smallest absolute Gasteiger partial charge is 0.339 e. The van der Waals surface area contributed by atoms with Gasteiger partial charge in [0.25, 0.3) is 0 Å². The summed E-state index contributed by atoms with van der Waals surface area (Å²) in [6.07, 6.45) is -0.416. The Labute approximate surface area is 131 Å². The van der Waals surface area contributed by atoms with Gasteiger partial charge in [0, 0.05) is 23.5 Å². The largest absolute Gasteiger partial charge is 0.478 e. The lowest BCUT2D eigenvalue weighted by molar-refractivity contribution is -0.00557. The zero-order valence-corrected chi connectivity index (χ0v) is 13.0. The summed E-state index contributed by atoms with van der Waals surface area (Å²) in [7, 11) is 0. The van der Waals surface area contributed by atoms with Gasteiger partial charge < -0.3 is 19.8 Å². The van der Waals surface area contributed by atoms with Crippen LogP contribution in [-0.4, -0.2) is 41.5 Å². The van der Waals surface area contributed by atoms with E-state index >= 15 is 0 Å². The van der Waals surface area contributed by atoms with Crippen LogP contribution in [0.4, 0.5) is 14.5 Å². The van der Waals surface area contributed by atoms with Crippen molar-refractivity contribution in [1.29, 1.82) is 0 Å². The van der Waals surface area contributed by atoms with Crippen molar-refractivity contribution >= 4 is 24.3 Å². The zero-order valence-electron chi connectivity index (χ0n) is 12.1. The number of morpholine rings is 1. The number of carbonyl (C=O) groups is 1. The van der Waals surface area contributed by atoms with Crippen molar-refractivity contribution in [2.24, 2.45) is 0 Å². The SMILES string of the molecule is CC1CN(c2c(F)c(F)c(C(=O)O)c(S)c2CO)CC(C)O1. The Balaban J connectivity index is 2.63. The quantitative estimate of drug-likeness (QED) is 0.739. The highest BCUT2D eigenvalue weighted by Gasteiger charge is 2.32. The van der Waals surface area contributed by atoms with E-state index in [0.29, 0.717) is 13.1 Å². The molecule has 8 heteroatoms. The van der Waals surface area contributed by atoms with E-state index < -0.39 is 29.8 Å². The van der Waals surface area contributed by atoms with Gasteiger partial charge in [-0.25, -0.2) is 13.6 Å². The van der Waals surface area contributed by atoms with Crippen LogP contribution in [-0.2, 0) is 11.3 Å². The Morgan fingerprint density at radius 3 is 2.32 bits per heavy atom. The number of carboxylic acids is 1. The van der Waals surface area contributed by atoms with Crippen LogP contribution in [0.15, 0.2) is 4.90 Å². The molecule has 0 saturated carbocycles. The van der Waals surface area contributed by atoms with Crippen molar-refractivity contribution in [3.63, 3.8) is 0 Å². The number of aromatic carboxylic acids is 1. The minimum absolute atomic E-state index is 0.0408. The number of aliphatic hydroxyl groups excluding tert-OH is 1. The molecule has 1 aromatic rings. The molecule has 2 atom stereocenters. The van der Waals surface area contributed by atoms with E-state index in [9.17, 15) is 18.7 Å². The summed E-state index contributed by atoms with van der Waals surface area (Å²) in [5, 5.41) is 18.5. The number of ether oxygens (including phenoxy) is 1. The average Bonchev–Trinajstić information content (AvgIpc) is 2.41. The van der Waals surface area contributed by atoms with Crippen LogP contribution in [0.3, 0.4) is 0 Å². The van der Waals surface area contributed by atoms with Crippen LogP contribution in [0.2, 0.25) is 0 Å².